The summed E-state index contributed by atoms with van der Waals surface area (Å²) in [5.74, 6) is 0.938. The topological polar surface area (TPSA) is 48.9 Å². The first-order valence-electron chi connectivity index (χ1n) is 8.60. The molecule has 0 saturated heterocycles. The average molecular weight is 428 g/mol. The van der Waals surface area contributed by atoms with Crippen LogP contribution in [0.5, 0.6) is 0 Å². The van der Waals surface area contributed by atoms with E-state index in [2.05, 4.69) is 41.3 Å². The van der Waals surface area contributed by atoms with E-state index in [4.69, 9.17) is 4.74 Å². The summed E-state index contributed by atoms with van der Waals surface area (Å²) in [6.45, 7) is 16.3. The van der Waals surface area contributed by atoms with Gasteiger partial charge in [0.25, 0.3) is 0 Å². The second-order valence-corrected chi connectivity index (χ2v) is 4.97. The van der Waals surface area contributed by atoms with Crippen LogP contribution >= 0.6 is 24.0 Å². The molecule has 0 aromatic carbocycles. The first-order chi connectivity index (χ1) is 10.3. The Bertz CT molecular complexity index is 248. The lowest BCUT2D eigenvalue weighted by atomic mass is 10.3. The first kappa shape index (κ1) is 24.2. The molecule has 5 nitrogen and oxygen atoms in total. The molecule has 0 unspecified atom stereocenters. The lowest BCUT2D eigenvalue weighted by Crippen LogP contribution is -2.38. The number of unbranched alkanes of at least 4 members (excludes halogenated alkanes) is 1. The second-order valence-electron chi connectivity index (χ2n) is 4.97. The molecule has 22 heavy (non-hydrogen) atoms. The Labute approximate surface area is 154 Å². The zero-order valence-electron chi connectivity index (χ0n) is 15.0. The lowest BCUT2D eigenvalue weighted by molar-refractivity contribution is 0.143. The van der Waals surface area contributed by atoms with Crippen LogP contribution in [0.15, 0.2) is 4.99 Å². The van der Waals surface area contributed by atoms with Crippen LogP contribution in [0.1, 0.15) is 47.0 Å². The van der Waals surface area contributed by atoms with Crippen LogP contribution in [0.3, 0.4) is 0 Å². The summed E-state index contributed by atoms with van der Waals surface area (Å²) >= 11 is 0. The number of ether oxygens (including phenoxy) is 1. The Morgan fingerprint density at radius 2 is 1.73 bits per heavy atom. The third-order valence-electron chi connectivity index (χ3n) is 3.35. The highest BCUT2D eigenvalue weighted by atomic mass is 127. The molecule has 0 aromatic heterocycles. The standard InChI is InChI=1S/C16H36N4O.HI/c1-5-17-16(18-12-9-10-15-21-8-4)19-13-11-14-20(6-2)7-3;/h5-15H2,1-4H3,(H2,17,18,19);1H. The molecule has 0 aromatic rings. The van der Waals surface area contributed by atoms with Gasteiger partial charge in [0, 0.05) is 32.8 Å². The molecule has 0 saturated carbocycles. The highest BCUT2D eigenvalue weighted by molar-refractivity contribution is 14.0. The van der Waals surface area contributed by atoms with Gasteiger partial charge in [-0.15, -0.1) is 24.0 Å². The van der Waals surface area contributed by atoms with E-state index in [1.165, 1.54) is 0 Å². The number of guanidine groups is 1. The molecular weight excluding hydrogens is 391 g/mol. The van der Waals surface area contributed by atoms with Crippen LogP contribution in [0, 0.1) is 0 Å². The number of nitrogens with one attached hydrogen (secondary N) is 2. The number of hydrogen-bond acceptors (Lipinski definition) is 3. The molecule has 0 aliphatic heterocycles. The van der Waals surface area contributed by atoms with Crippen molar-refractivity contribution < 1.29 is 4.74 Å². The van der Waals surface area contributed by atoms with Gasteiger partial charge in [-0.3, -0.25) is 4.99 Å². The van der Waals surface area contributed by atoms with Crippen LogP contribution in [-0.4, -0.2) is 63.3 Å². The normalized spacial score (nSPS) is 11.4. The molecule has 6 heteroatoms. The van der Waals surface area contributed by atoms with Gasteiger partial charge in [-0.1, -0.05) is 13.8 Å². The largest absolute Gasteiger partial charge is 0.382 e. The highest BCUT2D eigenvalue weighted by Crippen LogP contribution is 1.92. The lowest BCUT2D eigenvalue weighted by Gasteiger charge is -2.17. The summed E-state index contributed by atoms with van der Waals surface area (Å²) in [6.07, 6.45) is 3.33. The van der Waals surface area contributed by atoms with Crippen LogP contribution in [-0.2, 0) is 4.74 Å². The summed E-state index contributed by atoms with van der Waals surface area (Å²) in [5, 5.41) is 6.68. The fourth-order valence-electron chi connectivity index (χ4n) is 2.05. The molecule has 0 aliphatic carbocycles. The van der Waals surface area contributed by atoms with E-state index >= 15 is 0 Å². The first-order valence-corrected chi connectivity index (χ1v) is 8.60. The third-order valence-corrected chi connectivity index (χ3v) is 3.35. The molecular formula is C16H37IN4O. The maximum Gasteiger partial charge on any atom is 0.191 e. The van der Waals surface area contributed by atoms with Crippen molar-refractivity contribution in [3.63, 3.8) is 0 Å². The van der Waals surface area contributed by atoms with Gasteiger partial charge >= 0.3 is 0 Å². The minimum Gasteiger partial charge on any atom is -0.382 e. The van der Waals surface area contributed by atoms with Crippen molar-refractivity contribution in [3.05, 3.63) is 0 Å². The minimum atomic E-state index is 0. The molecule has 0 bridgehead atoms. The van der Waals surface area contributed by atoms with E-state index in [9.17, 15) is 0 Å². The van der Waals surface area contributed by atoms with Crippen molar-refractivity contribution >= 4 is 29.9 Å². The zero-order valence-corrected chi connectivity index (χ0v) is 17.3. The van der Waals surface area contributed by atoms with Gasteiger partial charge in [-0.2, -0.15) is 0 Å². The van der Waals surface area contributed by atoms with Gasteiger partial charge in [0.05, 0.1) is 0 Å². The van der Waals surface area contributed by atoms with Crippen molar-refractivity contribution in [1.29, 1.82) is 0 Å². The predicted octanol–water partition coefficient (Wildman–Crippen LogP) is 2.71. The van der Waals surface area contributed by atoms with Gasteiger partial charge in [0.2, 0.25) is 0 Å². The van der Waals surface area contributed by atoms with Crippen molar-refractivity contribution in [2.75, 3.05) is 52.5 Å². The number of rotatable bonds is 13. The summed E-state index contributed by atoms with van der Waals surface area (Å²) < 4.78 is 5.33. The Hall–Kier alpha value is -0.0800. The van der Waals surface area contributed by atoms with Crippen molar-refractivity contribution in [3.8, 4) is 0 Å². The fourth-order valence-corrected chi connectivity index (χ4v) is 2.05. The number of aliphatic imine (C=N–C) groups is 1. The Kier molecular flexibility index (Phi) is 20.8. The SMILES string of the molecule is CCNC(=NCCCN(CC)CC)NCCCCOCC.I. The van der Waals surface area contributed by atoms with Gasteiger partial charge in [0.1, 0.15) is 0 Å². The molecule has 2 N–H and O–H groups in total. The van der Waals surface area contributed by atoms with Crippen molar-refractivity contribution in [2.24, 2.45) is 4.99 Å². The summed E-state index contributed by atoms with van der Waals surface area (Å²) in [5.41, 5.74) is 0. The van der Waals surface area contributed by atoms with E-state index in [0.717, 1.165) is 77.7 Å². The van der Waals surface area contributed by atoms with Crippen LogP contribution in [0.25, 0.3) is 0 Å². The number of halogens is 1. The van der Waals surface area contributed by atoms with Crippen LogP contribution in [0.2, 0.25) is 0 Å². The van der Waals surface area contributed by atoms with Gasteiger partial charge in [-0.05, 0) is 52.7 Å². The predicted molar refractivity (Wildman–Crippen MR) is 108 cm³/mol. The summed E-state index contributed by atoms with van der Waals surface area (Å²) in [6, 6.07) is 0. The Morgan fingerprint density at radius 3 is 2.32 bits per heavy atom. The molecule has 0 amide bonds. The van der Waals surface area contributed by atoms with Crippen molar-refractivity contribution in [1.82, 2.24) is 15.5 Å². The van der Waals surface area contributed by atoms with E-state index in [1.54, 1.807) is 0 Å². The molecule has 0 radical (unpaired) electrons. The smallest absolute Gasteiger partial charge is 0.191 e. The Balaban J connectivity index is 0. The Morgan fingerprint density at radius 1 is 1.00 bits per heavy atom. The zero-order chi connectivity index (χ0) is 15.8. The molecule has 0 fully saturated rings. The van der Waals surface area contributed by atoms with E-state index < -0.39 is 0 Å². The van der Waals surface area contributed by atoms with Crippen LogP contribution in [0.4, 0.5) is 0 Å². The number of nitrogens with zero attached hydrogens (tertiary/aromatic N) is 2. The average Bonchev–Trinajstić information content (AvgIpc) is 2.50. The summed E-state index contributed by atoms with van der Waals surface area (Å²) in [4.78, 5) is 7.06. The maximum absolute atomic E-state index is 5.33. The third kappa shape index (κ3) is 14.8. The van der Waals surface area contributed by atoms with Gasteiger partial charge in [-0.25, -0.2) is 0 Å². The van der Waals surface area contributed by atoms with E-state index in [1.807, 2.05) is 6.92 Å². The molecule has 0 aliphatic rings. The number of hydrogen-bond donors (Lipinski definition) is 2. The van der Waals surface area contributed by atoms with Crippen LogP contribution < -0.4 is 10.6 Å². The quantitative estimate of drug-likeness (QED) is 0.205. The van der Waals surface area contributed by atoms with Gasteiger partial charge < -0.3 is 20.3 Å². The van der Waals surface area contributed by atoms with E-state index in [0.29, 0.717) is 0 Å². The van der Waals surface area contributed by atoms with E-state index in [-0.39, 0.29) is 24.0 Å². The second kappa shape index (κ2) is 19.0. The minimum absolute atomic E-state index is 0. The molecule has 0 rings (SSSR count). The molecule has 0 atom stereocenters. The monoisotopic (exact) mass is 428 g/mol. The summed E-state index contributed by atoms with van der Waals surface area (Å²) in [7, 11) is 0. The molecule has 0 heterocycles. The van der Waals surface area contributed by atoms with Gasteiger partial charge in [0.15, 0.2) is 5.96 Å². The fraction of sp³-hybridized carbons (Fsp3) is 0.938. The highest BCUT2D eigenvalue weighted by Gasteiger charge is 1.99. The molecule has 0 spiro atoms. The maximum atomic E-state index is 5.33. The van der Waals surface area contributed by atoms with Crippen molar-refractivity contribution in [2.45, 2.75) is 47.0 Å². The molecule has 134 valence electrons.